The number of benzene rings is 1. The second-order valence-electron chi connectivity index (χ2n) is 7.35. The van der Waals surface area contributed by atoms with Gasteiger partial charge in [-0.3, -0.25) is 9.78 Å². The SMILES string of the molecule is CNC(=O)c1ccc(F)c(-c2cnc(N(C)C3(c4ncccc4F)CC(F)C3)nn2)c1. The largest absolute Gasteiger partial charge is 0.355 e. The van der Waals surface area contributed by atoms with Gasteiger partial charge in [0.05, 0.1) is 11.7 Å². The summed E-state index contributed by atoms with van der Waals surface area (Å²) in [5.41, 5.74) is -0.486. The van der Waals surface area contributed by atoms with Crippen LogP contribution in [0.5, 0.6) is 0 Å². The lowest BCUT2D eigenvalue weighted by atomic mass is 9.71. The molecule has 7 nitrogen and oxygen atoms in total. The van der Waals surface area contributed by atoms with Gasteiger partial charge in [0.1, 0.15) is 29.2 Å². The molecule has 1 fully saturated rings. The normalized spacial score (nSPS) is 20.1. The molecule has 0 unspecified atom stereocenters. The van der Waals surface area contributed by atoms with E-state index in [-0.39, 0.29) is 47.2 Å². The molecule has 4 rings (SSSR count). The number of aromatic nitrogens is 4. The molecule has 1 aromatic carbocycles. The molecule has 1 N–H and O–H groups in total. The minimum Gasteiger partial charge on any atom is -0.355 e. The number of nitrogens with zero attached hydrogens (tertiary/aromatic N) is 5. The average Bonchev–Trinajstić information content (AvgIpc) is 2.77. The molecule has 2 heterocycles. The Labute approximate surface area is 176 Å². The number of carbonyl (C=O) groups is 1. The Morgan fingerprint density at radius 1 is 1.16 bits per heavy atom. The van der Waals surface area contributed by atoms with Crippen molar-refractivity contribution in [2.24, 2.45) is 0 Å². The van der Waals surface area contributed by atoms with E-state index in [1.807, 2.05) is 0 Å². The number of halogens is 3. The second-order valence-corrected chi connectivity index (χ2v) is 7.35. The molecular weight excluding hydrogens is 409 g/mol. The fourth-order valence-electron chi connectivity index (χ4n) is 3.77. The first-order valence-corrected chi connectivity index (χ1v) is 9.56. The number of nitrogens with one attached hydrogen (secondary N) is 1. The van der Waals surface area contributed by atoms with E-state index in [2.05, 4.69) is 25.5 Å². The third kappa shape index (κ3) is 3.58. The van der Waals surface area contributed by atoms with Crippen molar-refractivity contribution in [3.63, 3.8) is 0 Å². The van der Waals surface area contributed by atoms with E-state index in [0.717, 1.165) is 6.07 Å². The first-order valence-electron chi connectivity index (χ1n) is 9.56. The van der Waals surface area contributed by atoms with Crippen LogP contribution in [0.15, 0.2) is 42.7 Å². The fraction of sp³-hybridized carbons (Fsp3) is 0.286. The molecule has 1 aliphatic rings. The predicted octanol–water partition coefficient (Wildman–Crippen LogP) is 3.04. The van der Waals surface area contributed by atoms with Crippen LogP contribution in [0.3, 0.4) is 0 Å². The van der Waals surface area contributed by atoms with Crippen LogP contribution in [-0.2, 0) is 5.54 Å². The van der Waals surface area contributed by atoms with E-state index in [0.29, 0.717) is 0 Å². The lowest BCUT2D eigenvalue weighted by Crippen LogP contribution is -2.56. The highest BCUT2D eigenvalue weighted by atomic mass is 19.1. The molecule has 2 aromatic heterocycles. The number of alkyl halides is 1. The van der Waals surface area contributed by atoms with Gasteiger partial charge in [0.15, 0.2) is 0 Å². The van der Waals surface area contributed by atoms with Crippen molar-refractivity contribution >= 4 is 11.9 Å². The summed E-state index contributed by atoms with van der Waals surface area (Å²) in [6.45, 7) is 0. The van der Waals surface area contributed by atoms with Crippen molar-refractivity contribution in [2.45, 2.75) is 24.6 Å². The van der Waals surface area contributed by atoms with Gasteiger partial charge >= 0.3 is 0 Å². The molecule has 31 heavy (non-hydrogen) atoms. The molecule has 1 amide bonds. The Bertz CT molecular complexity index is 1120. The zero-order chi connectivity index (χ0) is 22.2. The monoisotopic (exact) mass is 428 g/mol. The minimum atomic E-state index is -1.10. The summed E-state index contributed by atoms with van der Waals surface area (Å²) < 4.78 is 42.6. The molecule has 160 valence electrons. The molecule has 0 spiro atoms. The van der Waals surface area contributed by atoms with Gasteiger partial charge in [-0.1, -0.05) is 0 Å². The van der Waals surface area contributed by atoms with Gasteiger partial charge in [-0.2, -0.15) is 0 Å². The van der Waals surface area contributed by atoms with E-state index < -0.39 is 23.3 Å². The first-order chi connectivity index (χ1) is 14.9. The highest BCUT2D eigenvalue weighted by Gasteiger charge is 2.52. The molecule has 0 aliphatic heterocycles. The van der Waals surface area contributed by atoms with Crippen molar-refractivity contribution in [3.05, 3.63) is 65.6 Å². The number of rotatable bonds is 5. The van der Waals surface area contributed by atoms with Gasteiger partial charge in [0.25, 0.3) is 5.91 Å². The summed E-state index contributed by atoms with van der Waals surface area (Å²) in [6.07, 6.45) is 1.72. The van der Waals surface area contributed by atoms with Gasteiger partial charge in [0.2, 0.25) is 5.95 Å². The molecule has 0 atom stereocenters. The van der Waals surface area contributed by atoms with Gasteiger partial charge in [0, 0.05) is 44.3 Å². The Balaban J connectivity index is 1.67. The summed E-state index contributed by atoms with van der Waals surface area (Å²) in [6, 6.07) is 6.61. The highest BCUT2D eigenvalue weighted by molar-refractivity contribution is 5.95. The summed E-state index contributed by atoms with van der Waals surface area (Å²) in [4.78, 5) is 21.7. The van der Waals surface area contributed by atoms with Gasteiger partial charge in [-0.25, -0.2) is 18.2 Å². The maximum atomic E-state index is 14.4. The van der Waals surface area contributed by atoms with Gasteiger partial charge < -0.3 is 10.2 Å². The summed E-state index contributed by atoms with van der Waals surface area (Å²) in [5.74, 6) is -1.39. The van der Waals surface area contributed by atoms with Crippen molar-refractivity contribution in [1.82, 2.24) is 25.5 Å². The zero-order valence-electron chi connectivity index (χ0n) is 16.8. The van der Waals surface area contributed by atoms with E-state index in [9.17, 15) is 18.0 Å². The number of hydrogen-bond acceptors (Lipinski definition) is 6. The molecule has 3 aromatic rings. The average molecular weight is 428 g/mol. The maximum absolute atomic E-state index is 14.4. The maximum Gasteiger partial charge on any atom is 0.251 e. The van der Waals surface area contributed by atoms with Crippen LogP contribution in [-0.4, -0.2) is 46.3 Å². The zero-order valence-corrected chi connectivity index (χ0v) is 16.8. The summed E-state index contributed by atoms with van der Waals surface area (Å²) in [7, 11) is 3.09. The van der Waals surface area contributed by atoms with Crippen molar-refractivity contribution in [2.75, 3.05) is 19.0 Å². The second kappa shape index (κ2) is 7.93. The Morgan fingerprint density at radius 2 is 1.94 bits per heavy atom. The first kappa shape index (κ1) is 20.7. The lowest BCUT2D eigenvalue weighted by Gasteiger charge is -2.49. The predicted molar refractivity (Wildman–Crippen MR) is 107 cm³/mol. The van der Waals surface area contributed by atoms with Crippen LogP contribution >= 0.6 is 0 Å². The minimum absolute atomic E-state index is 0.0331. The number of pyridine rings is 1. The summed E-state index contributed by atoms with van der Waals surface area (Å²) >= 11 is 0. The van der Waals surface area contributed by atoms with Gasteiger partial charge in [-0.15, -0.1) is 10.2 Å². The van der Waals surface area contributed by atoms with Crippen molar-refractivity contribution < 1.29 is 18.0 Å². The topological polar surface area (TPSA) is 83.9 Å². The molecular formula is C21H19F3N6O. The van der Waals surface area contributed by atoms with Crippen LogP contribution in [0, 0.1) is 11.6 Å². The van der Waals surface area contributed by atoms with Crippen LogP contribution in [0.4, 0.5) is 19.1 Å². The van der Waals surface area contributed by atoms with Gasteiger partial charge in [-0.05, 0) is 30.3 Å². The van der Waals surface area contributed by atoms with E-state index in [4.69, 9.17) is 0 Å². The molecule has 0 saturated heterocycles. The Hall–Kier alpha value is -3.56. The lowest BCUT2D eigenvalue weighted by molar-refractivity contribution is 0.0859. The van der Waals surface area contributed by atoms with E-state index in [1.165, 1.54) is 43.7 Å². The van der Waals surface area contributed by atoms with Crippen LogP contribution in [0.2, 0.25) is 0 Å². The number of anilines is 1. The molecule has 0 radical (unpaired) electrons. The third-order valence-corrected chi connectivity index (χ3v) is 5.54. The quantitative estimate of drug-likeness (QED) is 0.673. The van der Waals surface area contributed by atoms with E-state index >= 15 is 0 Å². The Morgan fingerprint density at radius 3 is 2.55 bits per heavy atom. The molecule has 1 saturated carbocycles. The van der Waals surface area contributed by atoms with Crippen LogP contribution in [0.1, 0.15) is 28.9 Å². The van der Waals surface area contributed by atoms with E-state index in [1.54, 1.807) is 11.9 Å². The number of carbonyl (C=O) groups excluding carboxylic acids is 1. The van der Waals surface area contributed by atoms with Crippen LogP contribution < -0.4 is 10.2 Å². The number of hydrogen-bond donors (Lipinski definition) is 1. The standard InChI is InChI=1S/C21H19F3N6O/c1-25-19(31)12-5-6-15(23)14(8-12)17-11-27-20(29-28-17)30(2)21(9-13(22)10-21)18-16(24)4-3-7-26-18/h3-8,11,13H,9-10H2,1-2H3,(H,25,31). The number of amides is 1. The van der Waals surface area contributed by atoms with Crippen molar-refractivity contribution in [1.29, 1.82) is 0 Å². The fourth-order valence-corrected chi connectivity index (χ4v) is 3.77. The molecule has 0 bridgehead atoms. The smallest absolute Gasteiger partial charge is 0.251 e. The summed E-state index contributed by atoms with van der Waals surface area (Å²) in [5, 5.41) is 10.5. The third-order valence-electron chi connectivity index (χ3n) is 5.54. The highest BCUT2D eigenvalue weighted by Crippen LogP contribution is 2.48. The van der Waals surface area contributed by atoms with Crippen LogP contribution in [0.25, 0.3) is 11.3 Å². The molecule has 10 heteroatoms. The Kier molecular flexibility index (Phi) is 5.30. The van der Waals surface area contributed by atoms with Crippen molar-refractivity contribution in [3.8, 4) is 11.3 Å². The molecule has 1 aliphatic carbocycles.